The van der Waals surface area contributed by atoms with Gasteiger partial charge in [-0.3, -0.25) is 9.98 Å². The van der Waals surface area contributed by atoms with Gasteiger partial charge in [-0.25, -0.2) is 9.59 Å². The molecule has 0 radical (unpaired) electrons. The maximum absolute atomic E-state index is 12.0. The molecule has 0 N–H and O–H groups in total. The van der Waals surface area contributed by atoms with E-state index in [-0.39, 0.29) is 37.4 Å². The first-order chi connectivity index (χ1) is 24.1. The predicted octanol–water partition coefficient (Wildman–Crippen LogP) is 5.77. The van der Waals surface area contributed by atoms with Crippen LogP contribution in [0.2, 0.25) is 0 Å². The summed E-state index contributed by atoms with van der Waals surface area (Å²) in [5.41, 5.74) is 4.25. The first-order valence-corrected chi connectivity index (χ1v) is 16.0. The minimum Gasteiger partial charge on any atom is -0.491 e. The van der Waals surface area contributed by atoms with Gasteiger partial charge in [0, 0.05) is 12.4 Å². The minimum atomic E-state index is -0.367. The standard InChI is InChI=1S/C38H36N2O9/c41-37(48-25-35-23-46-35)29-5-9-31(10-6-29)39-21-27-1-13-33(14-2-27)44-19-17-43-18-20-45-34-15-3-28(4-16-34)22-40-32-11-7-30(8-12-32)38(42)49-26-36-24-47-36/h1-16,21-22,35-36H,17-20,23-26H2. The zero-order chi connectivity index (χ0) is 33.7. The van der Waals surface area contributed by atoms with Crippen molar-refractivity contribution in [3.8, 4) is 11.5 Å². The van der Waals surface area contributed by atoms with Gasteiger partial charge in [-0.1, -0.05) is 0 Å². The molecule has 2 saturated heterocycles. The van der Waals surface area contributed by atoms with Crippen LogP contribution in [-0.2, 0) is 23.7 Å². The van der Waals surface area contributed by atoms with Crippen LogP contribution >= 0.6 is 0 Å². The fourth-order valence-corrected chi connectivity index (χ4v) is 4.34. The molecule has 0 spiro atoms. The number of nitrogens with zero attached hydrogens (tertiary/aromatic N) is 2. The first kappa shape index (κ1) is 33.5. The van der Waals surface area contributed by atoms with Crippen molar-refractivity contribution in [2.75, 3.05) is 52.9 Å². The Labute approximate surface area is 284 Å². The van der Waals surface area contributed by atoms with Gasteiger partial charge < -0.3 is 33.2 Å². The van der Waals surface area contributed by atoms with Crippen LogP contribution in [0, 0.1) is 0 Å². The van der Waals surface area contributed by atoms with E-state index < -0.39 is 0 Å². The highest BCUT2D eigenvalue weighted by Gasteiger charge is 2.25. The van der Waals surface area contributed by atoms with Crippen LogP contribution in [0.3, 0.4) is 0 Å². The molecule has 0 aliphatic carbocycles. The van der Waals surface area contributed by atoms with E-state index in [2.05, 4.69) is 9.98 Å². The third-order valence-electron chi connectivity index (χ3n) is 7.29. The third-order valence-corrected chi connectivity index (χ3v) is 7.29. The van der Waals surface area contributed by atoms with Crippen LogP contribution in [0.1, 0.15) is 31.8 Å². The summed E-state index contributed by atoms with van der Waals surface area (Å²) < 4.78 is 37.7. The average Bonchev–Trinajstić information content (AvgIpc) is 4.09. The molecule has 2 aliphatic rings. The van der Waals surface area contributed by atoms with E-state index in [0.29, 0.717) is 50.8 Å². The van der Waals surface area contributed by atoms with Crippen molar-refractivity contribution in [3.05, 3.63) is 119 Å². The van der Waals surface area contributed by atoms with Gasteiger partial charge >= 0.3 is 11.9 Å². The third kappa shape index (κ3) is 11.4. The van der Waals surface area contributed by atoms with E-state index in [9.17, 15) is 9.59 Å². The van der Waals surface area contributed by atoms with Gasteiger partial charge in [-0.15, -0.1) is 0 Å². The molecule has 2 unspecified atom stereocenters. The fraction of sp³-hybridized carbons (Fsp3) is 0.263. The van der Waals surface area contributed by atoms with Crippen molar-refractivity contribution >= 4 is 35.7 Å². The second-order valence-electron chi connectivity index (χ2n) is 11.2. The molecule has 2 fully saturated rings. The monoisotopic (exact) mass is 664 g/mol. The van der Waals surface area contributed by atoms with Crippen LogP contribution in [0.25, 0.3) is 0 Å². The topological polar surface area (TPSA) is 130 Å². The van der Waals surface area contributed by atoms with Crippen molar-refractivity contribution in [3.63, 3.8) is 0 Å². The molecule has 4 aromatic carbocycles. The molecular formula is C38H36N2O9. The van der Waals surface area contributed by atoms with E-state index in [1.807, 2.05) is 48.5 Å². The van der Waals surface area contributed by atoms with Gasteiger partial charge in [-0.2, -0.15) is 0 Å². The number of hydrogen-bond donors (Lipinski definition) is 0. The molecule has 0 amide bonds. The van der Waals surface area contributed by atoms with Crippen molar-refractivity contribution in [1.82, 2.24) is 0 Å². The largest absolute Gasteiger partial charge is 0.491 e. The molecule has 2 aliphatic heterocycles. The lowest BCUT2D eigenvalue weighted by Crippen LogP contribution is -2.12. The van der Waals surface area contributed by atoms with Crippen molar-refractivity contribution in [2.24, 2.45) is 9.98 Å². The van der Waals surface area contributed by atoms with Crippen molar-refractivity contribution in [1.29, 1.82) is 0 Å². The number of epoxide rings is 2. The van der Waals surface area contributed by atoms with E-state index in [1.54, 1.807) is 61.0 Å². The normalized spacial score (nSPS) is 16.4. The smallest absolute Gasteiger partial charge is 0.338 e. The number of carbonyl (C=O) groups is 2. The summed E-state index contributed by atoms with van der Waals surface area (Å²) in [6, 6.07) is 29.1. The SMILES string of the molecule is O=C(OCC1CO1)c1ccc(N=Cc2ccc(OCCOCCOc3ccc(C=Nc4ccc(C(=O)OCC5CO5)cc4)cc3)cc2)cc1. The second-order valence-corrected chi connectivity index (χ2v) is 11.2. The number of ether oxygens (including phenoxy) is 7. The molecule has 11 heteroatoms. The lowest BCUT2D eigenvalue weighted by atomic mass is 10.2. The van der Waals surface area contributed by atoms with Crippen LogP contribution in [0.15, 0.2) is 107 Å². The molecule has 252 valence electrons. The van der Waals surface area contributed by atoms with E-state index in [0.717, 1.165) is 34.0 Å². The van der Waals surface area contributed by atoms with Gasteiger partial charge in [0.05, 0.1) is 48.9 Å². The molecule has 6 rings (SSSR count). The summed E-state index contributed by atoms with van der Waals surface area (Å²) in [6.07, 6.45) is 3.59. The van der Waals surface area contributed by atoms with Crippen LogP contribution in [-0.4, -0.2) is 89.4 Å². The molecule has 49 heavy (non-hydrogen) atoms. The van der Waals surface area contributed by atoms with Crippen LogP contribution < -0.4 is 9.47 Å². The summed E-state index contributed by atoms with van der Waals surface area (Å²) in [5, 5.41) is 0. The number of carbonyl (C=O) groups excluding carboxylic acids is 2. The van der Waals surface area contributed by atoms with Crippen LogP contribution in [0.4, 0.5) is 11.4 Å². The Morgan fingerprint density at radius 3 is 1.33 bits per heavy atom. The van der Waals surface area contributed by atoms with E-state index in [1.165, 1.54) is 0 Å². The second kappa shape index (κ2) is 17.2. The number of rotatable bonds is 18. The molecule has 2 atom stereocenters. The maximum atomic E-state index is 12.0. The Morgan fingerprint density at radius 1 is 0.571 bits per heavy atom. The summed E-state index contributed by atoms with van der Waals surface area (Å²) in [6.45, 7) is 3.54. The number of hydrogen-bond acceptors (Lipinski definition) is 11. The van der Waals surface area contributed by atoms with Gasteiger partial charge in [0.1, 0.15) is 50.1 Å². The maximum Gasteiger partial charge on any atom is 0.338 e. The fourth-order valence-electron chi connectivity index (χ4n) is 4.34. The highest BCUT2D eigenvalue weighted by atomic mass is 16.6. The quantitative estimate of drug-likeness (QED) is 0.0563. The van der Waals surface area contributed by atoms with Gasteiger partial charge in [-0.05, 0) is 108 Å². The highest BCUT2D eigenvalue weighted by Crippen LogP contribution is 2.18. The summed E-state index contributed by atoms with van der Waals surface area (Å²) >= 11 is 0. The average molecular weight is 665 g/mol. The lowest BCUT2D eigenvalue weighted by molar-refractivity contribution is 0.0468. The molecular weight excluding hydrogens is 628 g/mol. The Hall–Kier alpha value is -5.36. The molecule has 0 saturated carbocycles. The number of aliphatic imine (C=N–C) groups is 2. The molecule has 4 aromatic rings. The Kier molecular flexibility index (Phi) is 11.7. The summed E-state index contributed by atoms with van der Waals surface area (Å²) in [4.78, 5) is 33.0. The number of esters is 2. The molecule has 2 heterocycles. The Balaban J connectivity index is 0.823. The molecule has 11 nitrogen and oxygen atoms in total. The van der Waals surface area contributed by atoms with Gasteiger partial charge in [0.2, 0.25) is 0 Å². The van der Waals surface area contributed by atoms with Crippen LogP contribution in [0.5, 0.6) is 11.5 Å². The number of benzene rings is 4. The Morgan fingerprint density at radius 2 is 0.959 bits per heavy atom. The van der Waals surface area contributed by atoms with E-state index >= 15 is 0 Å². The first-order valence-electron chi connectivity index (χ1n) is 16.0. The van der Waals surface area contributed by atoms with Gasteiger partial charge in [0.15, 0.2) is 0 Å². The van der Waals surface area contributed by atoms with Gasteiger partial charge in [0.25, 0.3) is 0 Å². The highest BCUT2D eigenvalue weighted by molar-refractivity contribution is 5.91. The predicted molar refractivity (Wildman–Crippen MR) is 182 cm³/mol. The minimum absolute atomic E-state index is 0.0425. The summed E-state index contributed by atoms with van der Waals surface area (Å²) in [5.74, 6) is 0.732. The zero-order valence-corrected chi connectivity index (χ0v) is 26.8. The van der Waals surface area contributed by atoms with Crippen molar-refractivity contribution < 1.29 is 42.7 Å². The summed E-state index contributed by atoms with van der Waals surface area (Å²) in [7, 11) is 0. The zero-order valence-electron chi connectivity index (χ0n) is 26.8. The Bertz CT molecular complexity index is 1580. The van der Waals surface area contributed by atoms with E-state index in [4.69, 9.17) is 33.2 Å². The lowest BCUT2D eigenvalue weighted by Gasteiger charge is -2.09. The molecule has 0 aromatic heterocycles. The molecule has 0 bridgehead atoms. The van der Waals surface area contributed by atoms with Crippen molar-refractivity contribution in [2.45, 2.75) is 12.2 Å².